The summed E-state index contributed by atoms with van der Waals surface area (Å²) in [5, 5.41) is 15.2. The van der Waals surface area contributed by atoms with E-state index in [1.165, 1.54) is 22.8 Å². The average Bonchev–Trinajstić information content (AvgIpc) is 2.59. The van der Waals surface area contributed by atoms with Crippen LogP contribution in [0.1, 0.15) is 34.7 Å². The Morgan fingerprint density at radius 1 is 1.12 bits per heavy atom. The van der Waals surface area contributed by atoms with Crippen LogP contribution < -0.4 is 10.6 Å². The molecule has 0 radical (unpaired) electrons. The summed E-state index contributed by atoms with van der Waals surface area (Å²) in [6.07, 6.45) is 0. The molecule has 5 heteroatoms. The van der Waals surface area contributed by atoms with E-state index in [1.54, 1.807) is 12.1 Å². The minimum Gasteiger partial charge on any atom is -0.357 e. The lowest BCUT2D eigenvalue weighted by Gasteiger charge is -2.13. The number of benzene rings is 2. The smallest absolute Gasteiger partial charge is 0.191 e. The predicted octanol–water partition coefficient (Wildman–Crippen LogP) is 3.57. The van der Waals surface area contributed by atoms with Crippen LogP contribution in [0.2, 0.25) is 0 Å². The molecule has 0 fully saturated rings. The number of aryl methyl sites for hydroxylation is 2. The van der Waals surface area contributed by atoms with Crippen LogP contribution in [0.5, 0.6) is 0 Å². The molecule has 0 heterocycles. The Labute approximate surface area is 148 Å². The highest BCUT2D eigenvalue weighted by Crippen LogP contribution is 2.12. The van der Waals surface area contributed by atoms with Gasteiger partial charge in [-0.2, -0.15) is 5.26 Å². The maximum atomic E-state index is 14.0. The van der Waals surface area contributed by atoms with Crippen molar-refractivity contribution in [1.82, 2.24) is 10.6 Å². The fourth-order valence-corrected chi connectivity index (χ4v) is 2.47. The summed E-state index contributed by atoms with van der Waals surface area (Å²) in [5.41, 5.74) is 4.42. The standard InChI is InChI=1S/C20H23FN4/c1-4-23-20(24-12-17-7-5-14(2)9-15(17)3)25-13-18-8-6-16(11-22)10-19(18)21/h5-10H,4,12-13H2,1-3H3,(H2,23,24,25). The Bertz CT molecular complexity index is 806. The average molecular weight is 338 g/mol. The zero-order valence-electron chi connectivity index (χ0n) is 14.9. The minimum atomic E-state index is -0.409. The van der Waals surface area contributed by atoms with Gasteiger partial charge in [-0.3, -0.25) is 0 Å². The van der Waals surface area contributed by atoms with E-state index < -0.39 is 5.82 Å². The molecule has 0 saturated heterocycles. The Balaban J connectivity index is 2.06. The molecule has 0 unspecified atom stereocenters. The zero-order chi connectivity index (χ0) is 18.2. The molecule has 2 N–H and O–H groups in total. The van der Waals surface area contributed by atoms with E-state index >= 15 is 0 Å². The lowest BCUT2D eigenvalue weighted by Crippen LogP contribution is -2.37. The predicted molar refractivity (Wildman–Crippen MR) is 98.7 cm³/mol. The van der Waals surface area contributed by atoms with E-state index in [2.05, 4.69) is 47.7 Å². The number of hydrogen-bond donors (Lipinski definition) is 2. The van der Waals surface area contributed by atoms with Crippen LogP contribution in [0.25, 0.3) is 0 Å². The largest absolute Gasteiger partial charge is 0.357 e. The topological polar surface area (TPSA) is 60.2 Å². The van der Waals surface area contributed by atoms with Crippen molar-refractivity contribution < 1.29 is 4.39 Å². The number of halogens is 1. The molecule has 0 atom stereocenters. The van der Waals surface area contributed by atoms with Crippen LogP contribution in [0.3, 0.4) is 0 Å². The monoisotopic (exact) mass is 338 g/mol. The number of hydrogen-bond acceptors (Lipinski definition) is 2. The molecule has 0 aliphatic carbocycles. The first-order valence-electron chi connectivity index (χ1n) is 8.30. The lowest BCUT2D eigenvalue weighted by atomic mass is 10.1. The van der Waals surface area contributed by atoms with Gasteiger partial charge in [0.1, 0.15) is 5.82 Å². The van der Waals surface area contributed by atoms with Gasteiger partial charge in [-0.15, -0.1) is 0 Å². The molecule has 0 aliphatic heterocycles. The third-order valence-electron chi connectivity index (χ3n) is 3.88. The van der Waals surface area contributed by atoms with Crippen molar-refractivity contribution >= 4 is 5.96 Å². The first-order valence-corrected chi connectivity index (χ1v) is 8.30. The normalized spacial score (nSPS) is 11.1. The molecule has 130 valence electrons. The van der Waals surface area contributed by atoms with E-state index in [1.807, 2.05) is 13.0 Å². The maximum absolute atomic E-state index is 14.0. The highest BCUT2D eigenvalue weighted by atomic mass is 19.1. The van der Waals surface area contributed by atoms with Crippen molar-refractivity contribution in [1.29, 1.82) is 5.26 Å². The van der Waals surface area contributed by atoms with Crippen LogP contribution in [-0.2, 0) is 13.1 Å². The fraction of sp³-hybridized carbons (Fsp3) is 0.300. The summed E-state index contributed by atoms with van der Waals surface area (Å²) in [5.74, 6) is 0.222. The van der Waals surface area contributed by atoms with E-state index in [4.69, 9.17) is 5.26 Å². The fourth-order valence-electron chi connectivity index (χ4n) is 2.47. The molecule has 2 aromatic carbocycles. The third-order valence-corrected chi connectivity index (χ3v) is 3.88. The Kier molecular flexibility index (Phi) is 6.53. The van der Waals surface area contributed by atoms with Gasteiger partial charge in [0.2, 0.25) is 0 Å². The second-order valence-electron chi connectivity index (χ2n) is 5.90. The number of nitriles is 1. The summed E-state index contributed by atoms with van der Waals surface area (Å²) in [6, 6.07) is 12.7. The van der Waals surface area contributed by atoms with Gasteiger partial charge >= 0.3 is 0 Å². The third kappa shape index (κ3) is 5.32. The molecular weight excluding hydrogens is 315 g/mol. The molecule has 4 nitrogen and oxygen atoms in total. The number of nitrogens with zero attached hydrogens (tertiary/aromatic N) is 2. The van der Waals surface area contributed by atoms with E-state index in [9.17, 15) is 4.39 Å². The summed E-state index contributed by atoms with van der Waals surface area (Å²) in [6.45, 7) is 7.71. The van der Waals surface area contributed by atoms with Gasteiger partial charge in [-0.05, 0) is 44.0 Å². The van der Waals surface area contributed by atoms with Crippen molar-refractivity contribution in [2.24, 2.45) is 4.99 Å². The first kappa shape index (κ1) is 18.5. The molecule has 2 rings (SSSR count). The van der Waals surface area contributed by atoms with Crippen LogP contribution in [0.15, 0.2) is 41.4 Å². The van der Waals surface area contributed by atoms with Crippen LogP contribution in [-0.4, -0.2) is 12.5 Å². The maximum Gasteiger partial charge on any atom is 0.191 e. The second kappa shape index (κ2) is 8.84. The van der Waals surface area contributed by atoms with Crippen molar-refractivity contribution in [3.05, 3.63) is 70.0 Å². The van der Waals surface area contributed by atoms with Gasteiger partial charge < -0.3 is 10.6 Å². The number of rotatable bonds is 5. The molecule has 0 aromatic heterocycles. The van der Waals surface area contributed by atoms with Gasteiger partial charge in [0.15, 0.2) is 5.96 Å². The number of aliphatic imine (C=N–C) groups is 1. The molecule has 25 heavy (non-hydrogen) atoms. The first-order chi connectivity index (χ1) is 12.0. The Morgan fingerprint density at radius 2 is 1.88 bits per heavy atom. The SMILES string of the molecule is CCNC(=NCc1ccc(C#N)cc1F)NCc1ccc(C)cc1C. The molecule has 0 amide bonds. The van der Waals surface area contributed by atoms with Gasteiger partial charge in [-0.1, -0.05) is 29.8 Å². The molecule has 0 aliphatic rings. The van der Waals surface area contributed by atoms with Crippen LogP contribution in [0.4, 0.5) is 4.39 Å². The Hall–Kier alpha value is -2.87. The summed E-state index contributed by atoms with van der Waals surface area (Å²) in [4.78, 5) is 4.43. The van der Waals surface area contributed by atoms with Gasteiger partial charge in [0, 0.05) is 18.7 Å². The van der Waals surface area contributed by atoms with Crippen molar-refractivity contribution in [2.45, 2.75) is 33.9 Å². The van der Waals surface area contributed by atoms with Gasteiger partial charge in [-0.25, -0.2) is 9.38 Å². The van der Waals surface area contributed by atoms with Crippen molar-refractivity contribution in [3.8, 4) is 6.07 Å². The lowest BCUT2D eigenvalue weighted by molar-refractivity contribution is 0.609. The molecule has 0 bridgehead atoms. The van der Waals surface area contributed by atoms with Crippen LogP contribution >= 0.6 is 0 Å². The Morgan fingerprint density at radius 3 is 2.52 bits per heavy atom. The second-order valence-corrected chi connectivity index (χ2v) is 5.90. The van der Waals surface area contributed by atoms with E-state index in [-0.39, 0.29) is 6.54 Å². The molecule has 0 spiro atoms. The molecule has 0 saturated carbocycles. The number of guanidine groups is 1. The molecular formula is C20H23FN4. The summed E-state index contributed by atoms with van der Waals surface area (Å²) >= 11 is 0. The van der Waals surface area contributed by atoms with Crippen LogP contribution in [0, 0.1) is 31.0 Å². The zero-order valence-corrected chi connectivity index (χ0v) is 14.9. The highest BCUT2D eigenvalue weighted by molar-refractivity contribution is 5.79. The summed E-state index contributed by atoms with van der Waals surface area (Å²) in [7, 11) is 0. The van der Waals surface area contributed by atoms with E-state index in [0.717, 1.165) is 0 Å². The minimum absolute atomic E-state index is 0.208. The highest BCUT2D eigenvalue weighted by Gasteiger charge is 2.05. The van der Waals surface area contributed by atoms with E-state index in [0.29, 0.717) is 30.2 Å². The van der Waals surface area contributed by atoms with Crippen molar-refractivity contribution in [2.75, 3.05) is 6.54 Å². The van der Waals surface area contributed by atoms with Gasteiger partial charge in [0.25, 0.3) is 0 Å². The van der Waals surface area contributed by atoms with Crippen molar-refractivity contribution in [3.63, 3.8) is 0 Å². The summed E-state index contributed by atoms with van der Waals surface area (Å²) < 4.78 is 14.0. The van der Waals surface area contributed by atoms with Gasteiger partial charge in [0.05, 0.1) is 18.2 Å². The molecule has 2 aromatic rings. The quantitative estimate of drug-likeness (QED) is 0.647. The number of nitrogens with one attached hydrogen (secondary N) is 2.